The van der Waals surface area contributed by atoms with Crippen molar-refractivity contribution in [2.75, 3.05) is 38.2 Å². The SMILES string of the molecule is CCNC(=NCCSC)NC1CCN(S(=O)(=O)C(F)(F)F)CC1. The molecule has 0 bridgehead atoms. The molecule has 6 nitrogen and oxygen atoms in total. The molecule has 1 saturated heterocycles. The van der Waals surface area contributed by atoms with Crippen LogP contribution in [0.2, 0.25) is 0 Å². The summed E-state index contributed by atoms with van der Waals surface area (Å²) in [5.41, 5.74) is -5.23. The van der Waals surface area contributed by atoms with Crippen molar-refractivity contribution < 1.29 is 21.6 Å². The van der Waals surface area contributed by atoms with Gasteiger partial charge in [-0.2, -0.15) is 29.2 Å². The van der Waals surface area contributed by atoms with Crippen LogP contribution in [0.15, 0.2) is 4.99 Å². The predicted molar refractivity (Wildman–Crippen MR) is 87.1 cm³/mol. The van der Waals surface area contributed by atoms with Crippen molar-refractivity contribution in [1.29, 1.82) is 0 Å². The van der Waals surface area contributed by atoms with Crippen LogP contribution < -0.4 is 10.6 Å². The van der Waals surface area contributed by atoms with Crippen LogP contribution in [0, 0.1) is 0 Å². The Hall–Kier alpha value is -0.680. The van der Waals surface area contributed by atoms with E-state index in [0.717, 1.165) is 5.75 Å². The molecule has 0 aliphatic carbocycles. The summed E-state index contributed by atoms with van der Waals surface area (Å²) in [4.78, 5) is 4.37. The molecule has 1 aliphatic rings. The first-order chi connectivity index (χ1) is 10.7. The molecular weight excluding hydrogens is 353 g/mol. The average Bonchev–Trinajstić information content (AvgIpc) is 2.47. The summed E-state index contributed by atoms with van der Waals surface area (Å²) in [6.45, 7) is 2.93. The minimum atomic E-state index is -5.23. The number of nitrogens with one attached hydrogen (secondary N) is 2. The number of aliphatic imine (C=N–C) groups is 1. The standard InChI is InChI=1S/C12H23F3N4O2S2/c1-3-16-11(17-6-9-22-2)18-10-4-7-19(8-5-10)23(20,21)12(13,14)15/h10H,3-9H2,1-2H3,(H2,16,17,18). The largest absolute Gasteiger partial charge is 0.511 e. The van der Waals surface area contributed by atoms with Gasteiger partial charge in [0.15, 0.2) is 5.96 Å². The summed E-state index contributed by atoms with van der Waals surface area (Å²) < 4.78 is 60.8. The van der Waals surface area contributed by atoms with Gasteiger partial charge in [0.1, 0.15) is 0 Å². The van der Waals surface area contributed by atoms with Gasteiger partial charge in [-0.25, -0.2) is 8.42 Å². The maximum atomic E-state index is 12.5. The summed E-state index contributed by atoms with van der Waals surface area (Å²) in [6, 6.07) is -0.0956. The van der Waals surface area contributed by atoms with E-state index < -0.39 is 15.5 Å². The molecule has 0 amide bonds. The van der Waals surface area contributed by atoms with Gasteiger partial charge in [-0.1, -0.05) is 0 Å². The molecule has 0 saturated carbocycles. The van der Waals surface area contributed by atoms with Crippen LogP contribution >= 0.6 is 11.8 Å². The van der Waals surface area contributed by atoms with E-state index in [2.05, 4.69) is 15.6 Å². The number of thioether (sulfide) groups is 1. The Bertz CT molecular complexity index is 489. The second-order valence-corrected chi connectivity index (χ2v) is 7.94. The highest BCUT2D eigenvalue weighted by Gasteiger charge is 2.50. The number of halogens is 3. The Labute approximate surface area is 139 Å². The molecule has 1 heterocycles. The van der Waals surface area contributed by atoms with Gasteiger partial charge in [-0.3, -0.25) is 4.99 Å². The summed E-state index contributed by atoms with van der Waals surface area (Å²) >= 11 is 1.67. The van der Waals surface area contributed by atoms with E-state index in [1.54, 1.807) is 11.8 Å². The van der Waals surface area contributed by atoms with Crippen molar-refractivity contribution in [1.82, 2.24) is 14.9 Å². The van der Waals surface area contributed by atoms with Crippen molar-refractivity contribution in [3.05, 3.63) is 0 Å². The number of alkyl halides is 3. The van der Waals surface area contributed by atoms with Gasteiger partial charge >= 0.3 is 15.5 Å². The molecule has 0 radical (unpaired) electrons. The Morgan fingerprint density at radius 3 is 2.43 bits per heavy atom. The quantitative estimate of drug-likeness (QED) is 0.414. The zero-order valence-corrected chi connectivity index (χ0v) is 14.8. The van der Waals surface area contributed by atoms with E-state index in [1.165, 1.54) is 0 Å². The van der Waals surface area contributed by atoms with Crippen LogP contribution in [0.3, 0.4) is 0 Å². The molecule has 0 aromatic heterocycles. The number of guanidine groups is 1. The van der Waals surface area contributed by atoms with Crippen molar-refractivity contribution in [2.45, 2.75) is 31.3 Å². The van der Waals surface area contributed by atoms with Crippen LogP contribution in [0.4, 0.5) is 13.2 Å². The Morgan fingerprint density at radius 2 is 1.96 bits per heavy atom. The van der Waals surface area contributed by atoms with Crippen molar-refractivity contribution in [2.24, 2.45) is 4.99 Å². The van der Waals surface area contributed by atoms with Gasteiger partial charge in [-0.15, -0.1) is 0 Å². The molecule has 2 N–H and O–H groups in total. The maximum absolute atomic E-state index is 12.5. The second-order valence-electron chi connectivity index (χ2n) is 5.02. The fourth-order valence-electron chi connectivity index (χ4n) is 2.15. The topological polar surface area (TPSA) is 73.8 Å². The molecule has 1 aliphatic heterocycles. The van der Waals surface area contributed by atoms with Gasteiger partial charge in [-0.05, 0) is 26.0 Å². The van der Waals surface area contributed by atoms with Gasteiger partial charge < -0.3 is 10.6 Å². The van der Waals surface area contributed by atoms with E-state index in [9.17, 15) is 21.6 Å². The smallest absolute Gasteiger partial charge is 0.357 e. The molecule has 0 spiro atoms. The molecule has 0 aromatic rings. The third-order valence-corrected chi connectivity index (χ3v) is 5.56. The first kappa shape index (κ1) is 20.4. The number of hydrogen-bond acceptors (Lipinski definition) is 4. The summed E-state index contributed by atoms with van der Waals surface area (Å²) in [6.07, 6.45) is 2.59. The lowest BCUT2D eigenvalue weighted by atomic mass is 10.1. The van der Waals surface area contributed by atoms with Crippen molar-refractivity contribution in [3.8, 4) is 0 Å². The van der Waals surface area contributed by atoms with E-state index in [0.29, 0.717) is 36.2 Å². The molecule has 1 rings (SSSR count). The molecule has 1 fully saturated rings. The van der Waals surface area contributed by atoms with E-state index in [1.807, 2.05) is 13.2 Å². The third kappa shape index (κ3) is 6.03. The lowest BCUT2D eigenvalue weighted by Gasteiger charge is -2.32. The third-order valence-electron chi connectivity index (χ3n) is 3.34. The Balaban J connectivity index is 2.56. The van der Waals surface area contributed by atoms with Gasteiger partial charge in [0, 0.05) is 31.4 Å². The molecule has 23 heavy (non-hydrogen) atoms. The van der Waals surface area contributed by atoms with Crippen LogP contribution in [-0.2, 0) is 10.0 Å². The van der Waals surface area contributed by atoms with E-state index >= 15 is 0 Å². The van der Waals surface area contributed by atoms with Gasteiger partial charge in [0.05, 0.1) is 6.54 Å². The fraction of sp³-hybridized carbons (Fsp3) is 0.917. The Morgan fingerprint density at radius 1 is 1.35 bits per heavy atom. The normalized spacial score (nSPS) is 18.9. The van der Waals surface area contributed by atoms with Gasteiger partial charge in [0.25, 0.3) is 0 Å². The predicted octanol–water partition coefficient (Wildman–Crippen LogP) is 1.22. The maximum Gasteiger partial charge on any atom is 0.511 e. The summed E-state index contributed by atoms with van der Waals surface area (Å²) in [5.74, 6) is 1.48. The molecule has 136 valence electrons. The number of piperidine rings is 1. The minimum Gasteiger partial charge on any atom is -0.357 e. The first-order valence-electron chi connectivity index (χ1n) is 7.32. The highest BCUT2D eigenvalue weighted by atomic mass is 32.2. The molecule has 0 atom stereocenters. The molecule has 0 unspecified atom stereocenters. The lowest BCUT2D eigenvalue weighted by Crippen LogP contribution is -2.51. The second kappa shape index (κ2) is 8.97. The number of rotatable bonds is 6. The zero-order chi connectivity index (χ0) is 17.5. The number of sulfonamides is 1. The summed E-state index contributed by atoms with van der Waals surface area (Å²) in [5, 5.41) is 6.23. The van der Waals surface area contributed by atoms with Crippen LogP contribution in [-0.4, -0.2) is 68.4 Å². The zero-order valence-electron chi connectivity index (χ0n) is 13.2. The van der Waals surface area contributed by atoms with Crippen molar-refractivity contribution >= 4 is 27.7 Å². The highest BCUT2D eigenvalue weighted by Crippen LogP contribution is 2.28. The fourth-order valence-corrected chi connectivity index (χ4v) is 3.41. The van der Waals surface area contributed by atoms with Crippen LogP contribution in [0.5, 0.6) is 0 Å². The molecule has 0 aromatic carbocycles. The Kier molecular flexibility index (Phi) is 7.95. The first-order valence-corrected chi connectivity index (χ1v) is 10.2. The number of nitrogens with zero attached hydrogens (tertiary/aromatic N) is 2. The van der Waals surface area contributed by atoms with E-state index in [4.69, 9.17) is 0 Å². The number of hydrogen-bond donors (Lipinski definition) is 2. The molecule has 11 heteroatoms. The minimum absolute atomic E-state index is 0.0956. The average molecular weight is 376 g/mol. The van der Waals surface area contributed by atoms with Gasteiger partial charge in [0.2, 0.25) is 0 Å². The van der Waals surface area contributed by atoms with Crippen LogP contribution in [0.25, 0.3) is 0 Å². The summed E-state index contributed by atoms with van der Waals surface area (Å²) in [7, 11) is -5.22. The van der Waals surface area contributed by atoms with Crippen molar-refractivity contribution in [3.63, 3.8) is 0 Å². The molecular formula is C12H23F3N4O2S2. The highest BCUT2D eigenvalue weighted by molar-refractivity contribution is 7.98. The lowest BCUT2D eigenvalue weighted by molar-refractivity contribution is -0.0494. The van der Waals surface area contributed by atoms with Crippen LogP contribution in [0.1, 0.15) is 19.8 Å². The monoisotopic (exact) mass is 376 g/mol. The van der Waals surface area contributed by atoms with E-state index in [-0.39, 0.29) is 19.1 Å².